The van der Waals surface area contributed by atoms with E-state index in [9.17, 15) is 0 Å². The van der Waals surface area contributed by atoms with Gasteiger partial charge in [-0.1, -0.05) is 107 Å². The minimum Gasteiger partial charge on any atom is -0.0925 e. The topological polar surface area (TPSA) is 0 Å². The fourth-order valence-electron chi connectivity index (χ4n) is 3.82. The standard InChI is InChI=1S/C26H29Br/c27-21-26(20-24-14-8-3-9-15-24)17-16-25(18-22-10-4-1-5-11-22)19-23-12-6-2-7-13-23/h1-15,25-26H,16-21H2/t26-/m1/s1. The average molecular weight is 421 g/mol. The first-order valence-corrected chi connectivity index (χ1v) is 11.1. The molecule has 0 fully saturated rings. The summed E-state index contributed by atoms with van der Waals surface area (Å²) in [5.41, 5.74) is 4.36. The summed E-state index contributed by atoms with van der Waals surface area (Å²) in [7, 11) is 0. The van der Waals surface area contributed by atoms with Crippen LogP contribution in [0.4, 0.5) is 0 Å². The normalized spacial score (nSPS) is 12.2. The van der Waals surface area contributed by atoms with Crippen LogP contribution in [0.15, 0.2) is 91.0 Å². The van der Waals surface area contributed by atoms with Gasteiger partial charge >= 0.3 is 0 Å². The predicted octanol–water partition coefficient (Wildman–Crippen LogP) is 7.12. The Morgan fingerprint density at radius 2 is 0.815 bits per heavy atom. The van der Waals surface area contributed by atoms with Gasteiger partial charge in [-0.2, -0.15) is 0 Å². The monoisotopic (exact) mass is 420 g/mol. The first kappa shape index (κ1) is 19.9. The molecule has 0 unspecified atom stereocenters. The van der Waals surface area contributed by atoms with Gasteiger partial charge in [-0.05, 0) is 60.6 Å². The van der Waals surface area contributed by atoms with Crippen LogP contribution in [0.5, 0.6) is 0 Å². The molecule has 1 atom stereocenters. The third-order valence-electron chi connectivity index (χ3n) is 5.30. The molecular weight excluding hydrogens is 392 g/mol. The van der Waals surface area contributed by atoms with Crippen LogP contribution in [0.1, 0.15) is 29.5 Å². The molecule has 0 heterocycles. The van der Waals surface area contributed by atoms with E-state index in [-0.39, 0.29) is 0 Å². The molecule has 3 aromatic rings. The molecule has 0 radical (unpaired) electrons. The van der Waals surface area contributed by atoms with Crippen LogP contribution in [0.3, 0.4) is 0 Å². The molecular formula is C26H29Br. The highest BCUT2D eigenvalue weighted by molar-refractivity contribution is 9.09. The quantitative estimate of drug-likeness (QED) is 0.306. The molecule has 3 aromatic carbocycles. The van der Waals surface area contributed by atoms with Crippen molar-refractivity contribution < 1.29 is 0 Å². The van der Waals surface area contributed by atoms with Crippen molar-refractivity contribution in [2.24, 2.45) is 11.8 Å². The highest BCUT2D eigenvalue weighted by Gasteiger charge is 2.15. The highest BCUT2D eigenvalue weighted by Crippen LogP contribution is 2.24. The van der Waals surface area contributed by atoms with Crippen LogP contribution >= 0.6 is 15.9 Å². The minimum atomic E-state index is 0.687. The third-order valence-corrected chi connectivity index (χ3v) is 6.22. The van der Waals surface area contributed by atoms with Gasteiger partial charge < -0.3 is 0 Å². The van der Waals surface area contributed by atoms with Gasteiger partial charge in [0.1, 0.15) is 0 Å². The lowest BCUT2D eigenvalue weighted by Gasteiger charge is -2.21. The Morgan fingerprint density at radius 1 is 0.481 bits per heavy atom. The van der Waals surface area contributed by atoms with E-state index in [1.54, 1.807) is 0 Å². The second-order valence-electron chi connectivity index (χ2n) is 7.53. The van der Waals surface area contributed by atoms with Gasteiger partial charge in [-0.15, -0.1) is 0 Å². The smallest absolute Gasteiger partial charge is 0.00628 e. The van der Waals surface area contributed by atoms with Crippen LogP contribution in [-0.4, -0.2) is 5.33 Å². The van der Waals surface area contributed by atoms with Crippen LogP contribution in [0.25, 0.3) is 0 Å². The van der Waals surface area contributed by atoms with Gasteiger partial charge in [0, 0.05) is 5.33 Å². The van der Waals surface area contributed by atoms with Crippen molar-refractivity contribution >= 4 is 15.9 Å². The van der Waals surface area contributed by atoms with Crippen molar-refractivity contribution in [2.75, 3.05) is 5.33 Å². The first-order valence-electron chi connectivity index (χ1n) is 10.0. The van der Waals surface area contributed by atoms with E-state index in [1.165, 1.54) is 29.5 Å². The van der Waals surface area contributed by atoms with E-state index in [4.69, 9.17) is 0 Å². The van der Waals surface area contributed by atoms with Crippen molar-refractivity contribution in [3.05, 3.63) is 108 Å². The molecule has 0 bridgehead atoms. The number of alkyl halides is 1. The average Bonchev–Trinajstić information content (AvgIpc) is 2.73. The van der Waals surface area contributed by atoms with E-state index < -0.39 is 0 Å². The summed E-state index contributed by atoms with van der Waals surface area (Å²) in [6.07, 6.45) is 6.03. The maximum absolute atomic E-state index is 3.76. The Balaban J connectivity index is 1.62. The van der Waals surface area contributed by atoms with Crippen LogP contribution in [0.2, 0.25) is 0 Å². The van der Waals surface area contributed by atoms with Crippen LogP contribution < -0.4 is 0 Å². The number of benzene rings is 3. The molecule has 0 nitrogen and oxygen atoms in total. The van der Waals surface area contributed by atoms with Gasteiger partial charge in [0.05, 0.1) is 0 Å². The molecule has 0 aromatic heterocycles. The third kappa shape index (κ3) is 6.99. The Morgan fingerprint density at radius 3 is 1.19 bits per heavy atom. The molecule has 0 saturated heterocycles. The number of rotatable bonds is 10. The molecule has 3 rings (SSSR count). The Hall–Kier alpha value is -1.86. The van der Waals surface area contributed by atoms with Gasteiger partial charge in [-0.3, -0.25) is 0 Å². The second-order valence-corrected chi connectivity index (χ2v) is 8.18. The summed E-state index contributed by atoms with van der Waals surface area (Å²) >= 11 is 3.76. The maximum atomic E-state index is 3.76. The first-order chi connectivity index (χ1) is 13.3. The molecule has 1 heteroatoms. The van der Waals surface area contributed by atoms with Crippen molar-refractivity contribution in [2.45, 2.75) is 32.1 Å². The van der Waals surface area contributed by atoms with Gasteiger partial charge in [-0.25, -0.2) is 0 Å². The molecule has 140 valence electrons. The molecule has 0 aliphatic heterocycles. The molecule has 0 aliphatic rings. The number of hydrogen-bond donors (Lipinski definition) is 0. The lowest BCUT2D eigenvalue weighted by atomic mass is 9.85. The molecule has 27 heavy (non-hydrogen) atoms. The van der Waals surface area contributed by atoms with E-state index in [0.717, 1.165) is 24.6 Å². The highest BCUT2D eigenvalue weighted by atomic mass is 79.9. The lowest BCUT2D eigenvalue weighted by Crippen LogP contribution is -2.13. The Bertz CT molecular complexity index is 710. The molecule has 0 saturated carbocycles. The van der Waals surface area contributed by atoms with Crippen molar-refractivity contribution in [1.29, 1.82) is 0 Å². The van der Waals surface area contributed by atoms with Crippen molar-refractivity contribution in [1.82, 2.24) is 0 Å². The number of hydrogen-bond acceptors (Lipinski definition) is 0. The zero-order valence-electron chi connectivity index (χ0n) is 15.9. The molecule has 0 N–H and O–H groups in total. The predicted molar refractivity (Wildman–Crippen MR) is 120 cm³/mol. The van der Waals surface area contributed by atoms with E-state index in [1.807, 2.05) is 0 Å². The fraction of sp³-hybridized carbons (Fsp3) is 0.308. The largest absolute Gasteiger partial charge is 0.0925 e. The van der Waals surface area contributed by atoms with Crippen LogP contribution in [0, 0.1) is 11.8 Å². The zero-order chi connectivity index (χ0) is 18.7. The Kier molecular flexibility index (Phi) is 8.17. The SMILES string of the molecule is BrC[C@H](CCC(Cc1ccccc1)Cc1ccccc1)Cc1ccccc1. The maximum Gasteiger partial charge on any atom is 0.00628 e. The molecule has 0 aliphatic carbocycles. The van der Waals surface area contributed by atoms with Crippen LogP contribution in [-0.2, 0) is 19.3 Å². The summed E-state index contributed by atoms with van der Waals surface area (Å²) in [5.74, 6) is 1.38. The number of halogens is 1. The van der Waals surface area contributed by atoms with Crippen molar-refractivity contribution in [3.8, 4) is 0 Å². The van der Waals surface area contributed by atoms with Crippen molar-refractivity contribution in [3.63, 3.8) is 0 Å². The molecule has 0 amide bonds. The summed E-state index contributed by atoms with van der Waals surface area (Å²) in [6, 6.07) is 32.8. The van der Waals surface area contributed by atoms with E-state index in [2.05, 4.69) is 107 Å². The summed E-state index contributed by atoms with van der Waals surface area (Å²) in [4.78, 5) is 0. The minimum absolute atomic E-state index is 0.687. The summed E-state index contributed by atoms with van der Waals surface area (Å²) < 4.78 is 0. The lowest BCUT2D eigenvalue weighted by molar-refractivity contribution is 0.407. The van der Waals surface area contributed by atoms with Gasteiger partial charge in [0.25, 0.3) is 0 Å². The summed E-state index contributed by atoms with van der Waals surface area (Å²) in [5, 5.41) is 1.07. The van der Waals surface area contributed by atoms with Gasteiger partial charge in [0.15, 0.2) is 0 Å². The second kappa shape index (κ2) is 11.1. The Labute approximate surface area is 172 Å². The van der Waals surface area contributed by atoms with Gasteiger partial charge in [0.2, 0.25) is 0 Å². The zero-order valence-corrected chi connectivity index (χ0v) is 17.5. The molecule has 0 spiro atoms. The fourth-order valence-corrected chi connectivity index (χ4v) is 4.38. The summed E-state index contributed by atoms with van der Waals surface area (Å²) in [6.45, 7) is 0. The van der Waals surface area contributed by atoms with E-state index in [0.29, 0.717) is 11.8 Å². The van der Waals surface area contributed by atoms with E-state index >= 15 is 0 Å².